The van der Waals surface area contributed by atoms with Crippen LogP contribution in [-0.2, 0) is 32.7 Å². The van der Waals surface area contributed by atoms with Crippen LogP contribution in [0.4, 0.5) is 0 Å². The Morgan fingerprint density at radius 2 is 0.859 bits per heavy atom. The van der Waals surface area contributed by atoms with Crippen molar-refractivity contribution in [2.24, 2.45) is 5.73 Å². The molecule has 0 aliphatic carbocycles. The van der Waals surface area contributed by atoms with Crippen molar-refractivity contribution in [1.82, 2.24) is 0 Å². The molecule has 0 aliphatic heterocycles. The molecule has 0 aromatic carbocycles. The molecule has 0 saturated heterocycles. The van der Waals surface area contributed by atoms with Crippen LogP contribution < -0.4 is 5.73 Å². The summed E-state index contributed by atoms with van der Waals surface area (Å²) in [6, 6.07) is 0. The van der Waals surface area contributed by atoms with Crippen molar-refractivity contribution in [3.63, 3.8) is 0 Å². The lowest BCUT2D eigenvalue weighted by molar-refractivity contribution is -0.161. The minimum atomic E-state index is -4.38. The molecule has 2 atom stereocenters. The maximum absolute atomic E-state index is 12.7. The van der Waals surface area contributed by atoms with Crippen molar-refractivity contribution in [3.05, 3.63) is 48.6 Å². The van der Waals surface area contributed by atoms with Crippen LogP contribution >= 0.6 is 7.82 Å². The number of esters is 2. The number of nitrogens with two attached hydrogens (primary N) is 1. The average molecular weight is 922 g/mol. The van der Waals surface area contributed by atoms with Crippen molar-refractivity contribution < 1.29 is 37.6 Å². The molecular weight excluding hydrogens is 822 g/mol. The number of carbonyl (C=O) groups is 2. The summed E-state index contributed by atoms with van der Waals surface area (Å²) >= 11 is 0. The van der Waals surface area contributed by atoms with Crippen LogP contribution in [0, 0.1) is 0 Å². The second-order valence-electron chi connectivity index (χ2n) is 17.7. The second-order valence-corrected chi connectivity index (χ2v) is 19.2. The van der Waals surface area contributed by atoms with Gasteiger partial charge in [-0.15, -0.1) is 0 Å². The molecule has 0 amide bonds. The standard InChI is InChI=1S/C54H100NO8P/c1-3-5-7-9-11-13-15-17-19-20-21-22-23-24-25-26-27-28-29-30-31-32-33-35-37-39-41-43-45-47-54(57)63-52(51-62-64(58,59)61-49-48-55)50-60-53(56)46-44-42-40-38-36-34-18-16-14-12-10-8-6-4-2/h5,7,11,13,17,19,21-22,52H,3-4,6,8-10,12,14-16,18,20,23-51,55H2,1-2H3,(H,58,59)/b7-5-,13-11-,19-17-,22-21-. The van der Waals surface area contributed by atoms with E-state index in [1.54, 1.807) is 0 Å². The third kappa shape index (κ3) is 49.4. The van der Waals surface area contributed by atoms with E-state index in [-0.39, 0.29) is 38.6 Å². The summed E-state index contributed by atoms with van der Waals surface area (Å²) in [7, 11) is -4.38. The molecule has 10 heteroatoms. The van der Waals surface area contributed by atoms with E-state index in [0.29, 0.717) is 6.42 Å². The van der Waals surface area contributed by atoms with Gasteiger partial charge in [-0.05, 0) is 51.4 Å². The molecule has 0 saturated carbocycles. The first kappa shape index (κ1) is 62.0. The van der Waals surface area contributed by atoms with Gasteiger partial charge in [0, 0.05) is 19.4 Å². The Hall–Kier alpha value is -2.03. The summed E-state index contributed by atoms with van der Waals surface area (Å²) in [5.41, 5.74) is 5.37. The Morgan fingerprint density at radius 3 is 1.28 bits per heavy atom. The summed E-state index contributed by atoms with van der Waals surface area (Å²) in [4.78, 5) is 35.0. The molecule has 3 N–H and O–H groups in total. The molecule has 9 nitrogen and oxygen atoms in total. The van der Waals surface area contributed by atoms with Crippen LogP contribution in [0.15, 0.2) is 48.6 Å². The number of phosphoric acid groups is 1. The zero-order chi connectivity index (χ0) is 46.7. The van der Waals surface area contributed by atoms with E-state index in [9.17, 15) is 19.0 Å². The van der Waals surface area contributed by atoms with Gasteiger partial charge in [0.05, 0.1) is 13.2 Å². The summed E-state index contributed by atoms with van der Waals surface area (Å²) in [6.45, 7) is 3.66. The smallest absolute Gasteiger partial charge is 0.462 e. The highest BCUT2D eigenvalue weighted by atomic mass is 31.2. The maximum Gasteiger partial charge on any atom is 0.472 e. The average Bonchev–Trinajstić information content (AvgIpc) is 3.28. The topological polar surface area (TPSA) is 134 Å². The van der Waals surface area contributed by atoms with E-state index < -0.39 is 26.5 Å². The number of hydrogen-bond acceptors (Lipinski definition) is 8. The van der Waals surface area contributed by atoms with Gasteiger partial charge in [-0.2, -0.15) is 0 Å². The van der Waals surface area contributed by atoms with Crippen molar-refractivity contribution in [2.75, 3.05) is 26.4 Å². The van der Waals surface area contributed by atoms with Crippen LogP contribution in [0.3, 0.4) is 0 Å². The number of hydrogen-bond donors (Lipinski definition) is 2. The van der Waals surface area contributed by atoms with E-state index in [1.165, 1.54) is 154 Å². The SMILES string of the molecule is CC/C=C\C/C=C\C/C=C\C/C=C\CCCCCCCCCCCCCCCCCCC(=O)OC(COC(=O)CCCCCCCCCCCCCCCC)COP(=O)(O)OCCN. The highest BCUT2D eigenvalue weighted by molar-refractivity contribution is 7.47. The minimum Gasteiger partial charge on any atom is -0.462 e. The summed E-state index contributed by atoms with van der Waals surface area (Å²) in [5, 5.41) is 0. The molecule has 0 heterocycles. The first-order chi connectivity index (χ1) is 31.3. The van der Waals surface area contributed by atoms with Gasteiger partial charge < -0.3 is 20.1 Å². The minimum absolute atomic E-state index is 0.0546. The summed E-state index contributed by atoms with van der Waals surface area (Å²) < 4.78 is 32.9. The number of unbranched alkanes of at least 4 members (excludes halogenated alkanes) is 29. The Balaban J connectivity index is 3.93. The van der Waals surface area contributed by atoms with Crippen LogP contribution in [0.5, 0.6) is 0 Å². The largest absolute Gasteiger partial charge is 0.472 e. The Morgan fingerprint density at radius 1 is 0.484 bits per heavy atom. The summed E-state index contributed by atoms with van der Waals surface area (Å²) in [5.74, 6) is -0.817. The molecule has 0 bridgehead atoms. The van der Waals surface area contributed by atoms with Gasteiger partial charge in [-0.3, -0.25) is 18.6 Å². The Bertz CT molecular complexity index is 1190. The van der Waals surface area contributed by atoms with Gasteiger partial charge in [-0.25, -0.2) is 4.57 Å². The van der Waals surface area contributed by atoms with Gasteiger partial charge in [-0.1, -0.05) is 236 Å². The highest BCUT2D eigenvalue weighted by Crippen LogP contribution is 2.43. The van der Waals surface area contributed by atoms with Crippen molar-refractivity contribution >= 4 is 19.8 Å². The lowest BCUT2D eigenvalue weighted by Gasteiger charge is -2.19. The van der Waals surface area contributed by atoms with Crippen molar-refractivity contribution in [1.29, 1.82) is 0 Å². The molecule has 0 rings (SSSR count). The van der Waals surface area contributed by atoms with Gasteiger partial charge in [0.15, 0.2) is 6.10 Å². The van der Waals surface area contributed by atoms with E-state index in [4.69, 9.17) is 24.3 Å². The quantitative estimate of drug-likeness (QED) is 0.0265. The Kier molecular flexibility index (Phi) is 48.8. The van der Waals surface area contributed by atoms with Crippen LogP contribution in [0.1, 0.15) is 251 Å². The van der Waals surface area contributed by atoms with Gasteiger partial charge >= 0.3 is 19.8 Å². The van der Waals surface area contributed by atoms with E-state index in [1.807, 2.05) is 0 Å². The number of rotatable bonds is 50. The highest BCUT2D eigenvalue weighted by Gasteiger charge is 2.26. The fourth-order valence-electron chi connectivity index (χ4n) is 7.57. The normalized spacial score (nSPS) is 13.5. The molecule has 0 aromatic heterocycles. The molecule has 374 valence electrons. The number of ether oxygens (including phenoxy) is 2. The fourth-order valence-corrected chi connectivity index (χ4v) is 8.33. The van der Waals surface area contributed by atoms with Gasteiger partial charge in [0.1, 0.15) is 6.61 Å². The molecule has 0 aliphatic rings. The van der Waals surface area contributed by atoms with Crippen LogP contribution in [0.25, 0.3) is 0 Å². The predicted molar refractivity (Wildman–Crippen MR) is 270 cm³/mol. The fraction of sp³-hybridized carbons (Fsp3) is 0.815. The zero-order valence-electron chi connectivity index (χ0n) is 41.5. The van der Waals surface area contributed by atoms with Crippen molar-refractivity contribution in [2.45, 2.75) is 258 Å². The van der Waals surface area contributed by atoms with Gasteiger partial charge in [0.2, 0.25) is 0 Å². The van der Waals surface area contributed by atoms with Crippen LogP contribution in [-0.4, -0.2) is 49.3 Å². The Labute approximate surface area is 394 Å². The predicted octanol–water partition coefficient (Wildman–Crippen LogP) is 16.2. The molecule has 64 heavy (non-hydrogen) atoms. The first-order valence-corrected chi connectivity index (χ1v) is 28.1. The molecule has 0 fully saturated rings. The third-order valence-electron chi connectivity index (χ3n) is 11.5. The first-order valence-electron chi connectivity index (χ1n) is 26.6. The second kappa shape index (κ2) is 50.4. The number of phosphoric ester groups is 1. The lowest BCUT2D eigenvalue weighted by atomic mass is 10.0. The monoisotopic (exact) mass is 922 g/mol. The molecule has 0 spiro atoms. The molecule has 0 aromatic rings. The zero-order valence-corrected chi connectivity index (χ0v) is 42.4. The van der Waals surface area contributed by atoms with E-state index in [2.05, 4.69) is 62.5 Å². The van der Waals surface area contributed by atoms with Crippen molar-refractivity contribution in [3.8, 4) is 0 Å². The number of allylic oxidation sites excluding steroid dienone is 8. The molecular formula is C54H100NO8P. The lowest BCUT2D eigenvalue weighted by Crippen LogP contribution is -2.29. The van der Waals surface area contributed by atoms with Gasteiger partial charge in [0.25, 0.3) is 0 Å². The number of carbonyl (C=O) groups excluding carboxylic acids is 2. The van der Waals surface area contributed by atoms with Crippen LogP contribution in [0.2, 0.25) is 0 Å². The summed E-state index contributed by atoms with van der Waals surface area (Å²) in [6.07, 6.45) is 60.2. The molecule has 2 unspecified atom stereocenters. The molecule has 0 radical (unpaired) electrons. The van der Waals surface area contributed by atoms with E-state index in [0.717, 1.165) is 64.2 Å². The van der Waals surface area contributed by atoms with E-state index >= 15 is 0 Å². The third-order valence-corrected chi connectivity index (χ3v) is 12.5. The maximum atomic E-state index is 12.7.